The minimum absolute atomic E-state index is 0.849. The van der Waals surface area contributed by atoms with Gasteiger partial charge >= 0.3 is 0 Å². The molecule has 100 valence electrons. The largest absolute Gasteiger partial charge is 0.496 e. The van der Waals surface area contributed by atoms with Crippen molar-refractivity contribution in [3.63, 3.8) is 0 Å². The Morgan fingerprint density at radius 3 is 2.55 bits per heavy atom. The van der Waals surface area contributed by atoms with Gasteiger partial charge in [0.2, 0.25) is 0 Å². The van der Waals surface area contributed by atoms with Gasteiger partial charge in [-0.05, 0) is 24.6 Å². The molecule has 0 unspecified atom stereocenters. The number of aryl methyl sites for hydroxylation is 1. The van der Waals surface area contributed by atoms with Gasteiger partial charge in [0, 0.05) is 27.7 Å². The van der Waals surface area contributed by atoms with Crippen molar-refractivity contribution >= 4 is 16.5 Å². The van der Waals surface area contributed by atoms with Crippen LogP contribution in [0.3, 0.4) is 0 Å². The van der Waals surface area contributed by atoms with Crippen LogP contribution in [0.1, 0.15) is 16.8 Å². The summed E-state index contributed by atoms with van der Waals surface area (Å²) in [5.41, 5.74) is 5.43. The Morgan fingerprint density at radius 1 is 1.05 bits per heavy atom. The molecule has 0 aliphatic carbocycles. The van der Waals surface area contributed by atoms with Crippen LogP contribution in [-0.2, 0) is 0 Å². The number of nitrogens with one attached hydrogen (secondary N) is 1. The summed E-state index contributed by atoms with van der Waals surface area (Å²) in [6, 6.07) is 16.3. The topological polar surface area (TPSA) is 25.0 Å². The number of fused-ring (bicyclic) bond motifs is 1. The van der Waals surface area contributed by atoms with Crippen LogP contribution in [0.15, 0.2) is 55.1 Å². The number of rotatable bonds is 3. The van der Waals surface area contributed by atoms with Crippen molar-refractivity contribution in [2.75, 3.05) is 7.11 Å². The molecule has 2 nitrogen and oxygen atoms in total. The molecule has 0 saturated carbocycles. The van der Waals surface area contributed by atoms with E-state index >= 15 is 0 Å². The molecule has 2 heteroatoms. The molecule has 0 radical (unpaired) electrons. The third kappa shape index (κ3) is 1.90. The Kier molecular flexibility index (Phi) is 3.07. The smallest absolute Gasteiger partial charge is 0.126 e. The lowest BCUT2D eigenvalue weighted by Gasteiger charge is -2.11. The highest BCUT2D eigenvalue weighted by Crippen LogP contribution is 2.35. The number of ether oxygens (including phenoxy) is 1. The summed E-state index contributed by atoms with van der Waals surface area (Å²) in [5, 5.41) is 1.20. The predicted octanol–water partition coefficient (Wildman–Crippen LogP) is 4.55. The molecule has 0 aliphatic heterocycles. The second kappa shape index (κ2) is 4.89. The average molecular weight is 263 g/mol. The van der Waals surface area contributed by atoms with E-state index < -0.39 is 0 Å². The van der Waals surface area contributed by atoms with Gasteiger partial charge in [0.15, 0.2) is 0 Å². The lowest BCUT2D eigenvalue weighted by atomic mass is 9.96. The zero-order valence-corrected chi connectivity index (χ0v) is 11.7. The normalized spacial score (nSPS) is 10.7. The van der Waals surface area contributed by atoms with E-state index in [1.54, 1.807) is 7.11 Å². The third-order valence-corrected chi connectivity index (χ3v) is 3.63. The summed E-state index contributed by atoms with van der Waals surface area (Å²) in [6.07, 6.45) is 0. The van der Waals surface area contributed by atoms with Crippen LogP contribution < -0.4 is 4.74 Å². The van der Waals surface area contributed by atoms with Crippen molar-refractivity contribution in [3.05, 3.63) is 71.9 Å². The molecule has 0 atom stereocenters. The van der Waals surface area contributed by atoms with Gasteiger partial charge in [0.25, 0.3) is 0 Å². The molecular weight excluding hydrogens is 246 g/mol. The Balaban J connectivity index is 2.20. The number of methoxy groups -OCH3 is 1. The van der Waals surface area contributed by atoms with Crippen LogP contribution in [0.4, 0.5) is 0 Å². The molecule has 0 fully saturated rings. The minimum atomic E-state index is 0.849. The van der Waals surface area contributed by atoms with Crippen LogP contribution in [0.25, 0.3) is 16.5 Å². The summed E-state index contributed by atoms with van der Waals surface area (Å²) in [4.78, 5) is 3.41. The van der Waals surface area contributed by atoms with E-state index in [1.807, 2.05) is 30.3 Å². The first kappa shape index (κ1) is 12.5. The van der Waals surface area contributed by atoms with Gasteiger partial charge in [-0.2, -0.15) is 0 Å². The Bertz CT molecular complexity index is 783. The molecule has 1 heterocycles. The van der Waals surface area contributed by atoms with E-state index in [2.05, 4.69) is 36.7 Å². The number of para-hydroxylation sites is 2. The first-order chi connectivity index (χ1) is 9.72. The Labute approximate surface area is 118 Å². The predicted molar refractivity (Wildman–Crippen MR) is 84.2 cm³/mol. The van der Waals surface area contributed by atoms with E-state index in [1.165, 1.54) is 5.39 Å². The van der Waals surface area contributed by atoms with Gasteiger partial charge in [-0.15, -0.1) is 0 Å². The first-order valence-corrected chi connectivity index (χ1v) is 6.62. The second-order valence-corrected chi connectivity index (χ2v) is 4.85. The van der Waals surface area contributed by atoms with Crippen LogP contribution in [-0.4, -0.2) is 12.1 Å². The van der Waals surface area contributed by atoms with Crippen molar-refractivity contribution in [1.29, 1.82) is 0 Å². The lowest BCUT2D eigenvalue weighted by molar-refractivity contribution is 0.413. The van der Waals surface area contributed by atoms with E-state index in [0.29, 0.717) is 0 Å². The standard InChI is InChI=1S/C18H17NO/c1-12(14-8-5-7-11-17(14)20-3)18-13(2)19-16-10-6-4-9-15(16)18/h4-11,19H,1H2,2-3H3. The minimum Gasteiger partial charge on any atom is -0.496 e. The highest BCUT2D eigenvalue weighted by molar-refractivity contribution is 5.98. The molecule has 3 rings (SSSR count). The van der Waals surface area contributed by atoms with Crippen molar-refractivity contribution < 1.29 is 4.74 Å². The van der Waals surface area contributed by atoms with Gasteiger partial charge in [0.1, 0.15) is 5.75 Å². The molecule has 1 N–H and O–H groups in total. The number of benzene rings is 2. The molecule has 2 aromatic carbocycles. The zero-order chi connectivity index (χ0) is 14.1. The summed E-state index contributed by atoms with van der Waals surface area (Å²) >= 11 is 0. The summed E-state index contributed by atoms with van der Waals surface area (Å²) in [7, 11) is 1.69. The molecule has 3 aromatic rings. The van der Waals surface area contributed by atoms with Crippen LogP contribution in [0.5, 0.6) is 5.75 Å². The zero-order valence-electron chi connectivity index (χ0n) is 11.7. The van der Waals surface area contributed by atoms with Gasteiger partial charge < -0.3 is 9.72 Å². The molecular formula is C18H17NO. The number of aromatic amines is 1. The maximum absolute atomic E-state index is 5.45. The fourth-order valence-corrected chi connectivity index (χ4v) is 2.69. The quantitative estimate of drug-likeness (QED) is 0.737. The molecule has 1 aromatic heterocycles. The van der Waals surface area contributed by atoms with Crippen molar-refractivity contribution in [2.24, 2.45) is 0 Å². The molecule has 0 amide bonds. The Morgan fingerprint density at radius 2 is 1.75 bits per heavy atom. The number of hydrogen-bond donors (Lipinski definition) is 1. The highest BCUT2D eigenvalue weighted by Gasteiger charge is 2.15. The average Bonchev–Trinajstić information content (AvgIpc) is 2.82. The van der Waals surface area contributed by atoms with Gasteiger partial charge in [-0.25, -0.2) is 0 Å². The van der Waals surface area contributed by atoms with Crippen LogP contribution in [0.2, 0.25) is 0 Å². The van der Waals surface area contributed by atoms with E-state index in [0.717, 1.165) is 33.7 Å². The van der Waals surface area contributed by atoms with E-state index in [4.69, 9.17) is 4.74 Å². The van der Waals surface area contributed by atoms with Crippen LogP contribution >= 0.6 is 0 Å². The molecule has 0 bridgehead atoms. The monoisotopic (exact) mass is 263 g/mol. The fraction of sp³-hybridized carbons (Fsp3) is 0.111. The third-order valence-electron chi connectivity index (χ3n) is 3.63. The van der Waals surface area contributed by atoms with Gasteiger partial charge in [0.05, 0.1) is 7.11 Å². The summed E-state index contributed by atoms with van der Waals surface area (Å²) in [6.45, 7) is 6.37. The van der Waals surface area contributed by atoms with Gasteiger partial charge in [-0.3, -0.25) is 0 Å². The maximum atomic E-state index is 5.45. The van der Waals surface area contributed by atoms with Gasteiger partial charge in [-0.1, -0.05) is 43.0 Å². The second-order valence-electron chi connectivity index (χ2n) is 4.85. The SMILES string of the molecule is C=C(c1ccccc1OC)c1c(C)[nH]c2ccccc12. The summed E-state index contributed by atoms with van der Waals surface area (Å²) in [5.74, 6) is 0.849. The molecule has 0 spiro atoms. The number of aromatic nitrogens is 1. The molecule has 0 saturated heterocycles. The fourth-order valence-electron chi connectivity index (χ4n) is 2.69. The lowest BCUT2D eigenvalue weighted by Crippen LogP contribution is -1.93. The van der Waals surface area contributed by atoms with E-state index in [9.17, 15) is 0 Å². The van der Waals surface area contributed by atoms with Crippen molar-refractivity contribution in [3.8, 4) is 5.75 Å². The summed E-state index contributed by atoms with van der Waals surface area (Å²) < 4.78 is 5.45. The number of H-pyrrole nitrogens is 1. The van der Waals surface area contributed by atoms with E-state index in [-0.39, 0.29) is 0 Å². The molecule has 0 aliphatic rings. The molecule has 20 heavy (non-hydrogen) atoms. The number of hydrogen-bond acceptors (Lipinski definition) is 1. The van der Waals surface area contributed by atoms with Crippen molar-refractivity contribution in [2.45, 2.75) is 6.92 Å². The Hall–Kier alpha value is -2.48. The van der Waals surface area contributed by atoms with Crippen LogP contribution in [0, 0.1) is 6.92 Å². The maximum Gasteiger partial charge on any atom is 0.126 e. The first-order valence-electron chi connectivity index (χ1n) is 6.62. The highest BCUT2D eigenvalue weighted by atomic mass is 16.5. The van der Waals surface area contributed by atoms with Crippen molar-refractivity contribution in [1.82, 2.24) is 4.98 Å².